The fraction of sp³-hybridized carbons (Fsp3) is 0.556. The van der Waals surface area contributed by atoms with Gasteiger partial charge >= 0.3 is 11.8 Å². The smallest absolute Gasteiger partial charge is 0.313 e. The van der Waals surface area contributed by atoms with Gasteiger partial charge in [0.1, 0.15) is 0 Å². The van der Waals surface area contributed by atoms with E-state index < -0.39 is 11.8 Å². The first-order valence-electron chi connectivity index (χ1n) is 8.05. The molecule has 0 aromatic heterocycles. The lowest BCUT2D eigenvalue weighted by atomic mass is 9.65. The van der Waals surface area contributed by atoms with Crippen LogP contribution in [0.25, 0.3) is 0 Å². The number of amides is 2. The molecule has 1 aromatic rings. The molecule has 2 fully saturated rings. The van der Waals surface area contributed by atoms with Gasteiger partial charge in [0.2, 0.25) is 0 Å². The molecule has 2 atom stereocenters. The van der Waals surface area contributed by atoms with Gasteiger partial charge in [-0.1, -0.05) is 32.4 Å². The van der Waals surface area contributed by atoms with Gasteiger partial charge < -0.3 is 10.2 Å². The summed E-state index contributed by atoms with van der Waals surface area (Å²) in [4.78, 5) is 26.7. The first-order valence-corrected chi connectivity index (χ1v) is 8.43. The average Bonchev–Trinajstić information content (AvgIpc) is 2.69. The van der Waals surface area contributed by atoms with Crippen molar-refractivity contribution in [3.05, 3.63) is 29.3 Å². The Kier molecular flexibility index (Phi) is 3.91. The molecule has 4 nitrogen and oxygen atoms in total. The molecular formula is C18H23ClN2O2. The summed E-state index contributed by atoms with van der Waals surface area (Å²) in [5, 5.41) is 3.27. The minimum absolute atomic E-state index is 0.128. The van der Waals surface area contributed by atoms with Crippen molar-refractivity contribution in [1.29, 1.82) is 0 Å². The molecule has 1 saturated heterocycles. The van der Waals surface area contributed by atoms with Crippen LogP contribution in [0.5, 0.6) is 0 Å². The average molecular weight is 335 g/mol. The van der Waals surface area contributed by atoms with Crippen LogP contribution >= 0.6 is 11.6 Å². The molecule has 1 aliphatic heterocycles. The largest absolute Gasteiger partial charge is 0.331 e. The molecule has 5 heteroatoms. The molecule has 0 radical (unpaired) electrons. The first kappa shape index (κ1) is 16.3. The van der Waals surface area contributed by atoms with Crippen LogP contribution in [0.15, 0.2) is 24.3 Å². The summed E-state index contributed by atoms with van der Waals surface area (Å²) in [6.07, 6.45) is 3.05. The quantitative estimate of drug-likeness (QED) is 0.796. The zero-order valence-electron chi connectivity index (χ0n) is 13.9. The van der Waals surface area contributed by atoms with E-state index in [-0.39, 0.29) is 16.9 Å². The summed E-state index contributed by atoms with van der Waals surface area (Å²) in [5.41, 5.74) is 0.934. The number of carbonyl (C=O) groups is 2. The van der Waals surface area contributed by atoms with Crippen molar-refractivity contribution in [3.63, 3.8) is 0 Å². The van der Waals surface area contributed by atoms with Gasteiger partial charge in [0.05, 0.1) is 0 Å². The lowest BCUT2D eigenvalue weighted by molar-refractivity contribution is -0.144. The molecule has 1 saturated carbocycles. The lowest BCUT2D eigenvalue weighted by Crippen LogP contribution is -2.43. The van der Waals surface area contributed by atoms with Crippen LogP contribution in [0.1, 0.15) is 40.0 Å². The number of nitrogens with one attached hydrogen (secondary N) is 1. The number of carbonyl (C=O) groups excluding carboxylic acids is 2. The predicted molar refractivity (Wildman–Crippen MR) is 91.3 cm³/mol. The van der Waals surface area contributed by atoms with Gasteiger partial charge in [0.25, 0.3) is 0 Å². The molecule has 2 amide bonds. The van der Waals surface area contributed by atoms with E-state index in [1.807, 2.05) is 0 Å². The molecule has 1 aliphatic carbocycles. The maximum absolute atomic E-state index is 12.6. The summed E-state index contributed by atoms with van der Waals surface area (Å²) >= 11 is 5.83. The number of hydrogen-bond donors (Lipinski definition) is 1. The van der Waals surface area contributed by atoms with Crippen LogP contribution in [0.3, 0.4) is 0 Å². The molecule has 124 valence electrons. The molecule has 2 bridgehead atoms. The topological polar surface area (TPSA) is 49.4 Å². The van der Waals surface area contributed by atoms with E-state index in [0.29, 0.717) is 17.3 Å². The lowest BCUT2D eigenvalue weighted by Gasteiger charge is -2.39. The van der Waals surface area contributed by atoms with Gasteiger partial charge in [-0.05, 0) is 54.4 Å². The molecule has 3 rings (SSSR count). The molecular weight excluding hydrogens is 312 g/mol. The second-order valence-electron chi connectivity index (χ2n) is 8.11. The molecule has 1 aromatic carbocycles. The Labute approximate surface area is 142 Å². The van der Waals surface area contributed by atoms with Crippen LogP contribution in [-0.2, 0) is 9.59 Å². The highest BCUT2D eigenvalue weighted by atomic mass is 35.5. The third-order valence-corrected chi connectivity index (χ3v) is 5.22. The van der Waals surface area contributed by atoms with Crippen LogP contribution < -0.4 is 5.32 Å². The van der Waals surface area contributed by atoms with E-state index in [1.54, 1.807) is 29.2 Å². The van der Waals surface area contributed by atoms with Crippen molar-refractivity contribution >= 4 is 29.1 Å². The summed E-state index contributed by atoms with van der Waals surface area (Å²) < 4.78 is 0. The fourth-order valence-corrected chi connectivity index (χ4v) is 4.67. The second-order valence-corrected chi connectivity index (χ2v) is 8.54. The van der Waals surface area contributed by atoms with Gasteiger partial charge in [-0.3, -0.25) is 9.59 Å². The number of rotatable bonds is 1. The van der Waals surface area contributed by atoms with Crippen molar-refractivity contribution in [3.8, 4) is 0 Å². The Bertz CT molecular complexity index is 641. The maximum atomic E-state index is 12.6. The van der Waals surface area contributed by atoms with Gasteiger partial charge in [0, 0.05) is 23.3 Å². The van der Waals surface area contributed by atoms with Gasteiger partial charge in [-0.25, -0.2) is 0 Å². The van der Waals surface area contributed by atoms with E-state index in [1.165, 1.54) is 0 Å². The van der Waals surface area contributed by atoms with Crippen molar-refractivity contribution in [2.24, 2.45) is 10.8 Å². The van der Waals surface area contributed by atoms with E-state index in [9.17, 15) is 9.59 Å². The fourth-order valence-electron chi connectivity index (χ4n) is 4.55. The Morgan fingerprint density at radius 1 is 1.17 bits per heavy atom. The van der Waals surface area contributed by atoms with Gasteiger partial charge in [-0.2, -0.15) is 0 Å². The number of anilines is 1. The van der Waals surface area contributed by atoms with E-state index in [4.69, 9.17) is 11.6 Å². The number of likely N-dealkylation sites (tertiary alicyclic amines) is 1. The van der Waals surface area contributed by atoms with Crippen LogP contribution in [-0.4, -0.2) is 29.3 Å². The minimum Gasteiger partial charge on any atom is -0.331 e. The predicted octanol–water partition coefficient (Wildman–Crippen LogP) is 3.71. The number of benzene rings is 1. The highest BCUT2D eigenvalue weighted by Crippen LogP contribution is 2.52. The third kappa shape index (κ3) is 3.37. The van der Waals surface area contributed by atoms with E-state index in [0.717, 1.165) is 19.3 Å². The summed E-state index contributed by atoms with van der Waals surface area (Å²) in [6, 6.07) is 6.94. The molecule has 1 N–H and O–H groups in total. The SMILES string of the molecule is CC1(C)CC2CC(C)(CN2C(=O)C(=O)Nc2ccc(Cl)cc2)C1. The Hall–Kier alpha value is -1.55. The van der Waals surface area contributed by atoms with E-state index >= 15 is 0 Å². The number of hydrogen-bond acceptors (Lipinski definition) is 2. The van der Waals surface area contributed by atoms with Crippen molar-refractivity contribution in [2.75, 3.05) is 11.9 Å². The van der Waals surface area contributed by atoms with Crippen molar-refractivity contribution in [2.45, 2.75) is 46.1 Å². The summed E-state index contributed by atoms with van der Waals surface area (Å²) in [7, 11) is 0. The third-order valence-electron chi connectivity index (χ3n) is 4.97. The highest BCUT2D eigenvalue weighted by Gasteiger charge is 2.51. The molecule has 2 unspecified atom stereocenters. The van der Waals surface area contributed by atoms with Gasteiger partial charge in [0.15, 0.2) is 0 Å². The van der Waals surface area contributed by atoms with Crippen LogP contribution in [0, 0.1) is 10.8 Å². The van der Waals surface area contributed by atoms with E-state index in [2.05, 4.69) is 26.1 Å². The second kappa shape index (κ2) is 5.52. The van der Waals surface area contributed by atoms with Crippen molar-refractivity contribution in [1.82, 2.24) is 4.90 Å². The minimum atomic E-state index is -0.568. The number of fused-ring (bicyclic) bond motifs is 2. The first-order chi connectivity index (χ1) is 10.7. The van der Waals surface area contributed by atoms with Gasteiger partial charge in [-0.15, -0.1) is 0 Å². The molecule has 23 heavy (non-hydrogen) atoms. The summed E-state index contributed by atoms with van der Waals surface area (Å²) in [5.74, 6) is -0.993. The molecule has 0 spiro atoms. The Morgan fingerprint density at radius 2 is 1.83 bits per heavy atom. The normalized spacial score (nSPS) is 28.5. The standard InChI is InChI=1S/C18H23ClN2O2/c1-17(2)8-14-9-18(3,10-17)11-21(14)16(23)15(22)20-13-6-4-12(19)5-7-13/h4-7,14H,8-11H2,1-3H3,(H,20,22). The zero-order chi connectivity index (χ0) is 16.8. The monoisotopic (exact) mass is 334 g/mol. The maximum Gasteiger partial charge on any atom is 0.313 e. The molecule has 2 aliphatic rings. The van der Waals surface area contributed by atoms with Crippen LogP contribution in [0.4, 0.5) is 5.69 Å². The van der Waals surface area contributed by atoms with Crippen LogP contribution in [0.2, 0.25) is 5.02 Å². The zero-order valence-corrected chi connectivity index (χ0v) is 14.6. The van der Waals surface area contributed by atoms with Crippen molar-refractivity contribution < 1.29 is 9.59 Å². The summed E-state index contributed by atoms with van der Waals surface area (Å²) in [6.45, 7) is 7.40. The number of nitrogens with zero attached hydrogens (tertiary/aromatic N) is 1. The molecule has 1 heterocycles. The Morgan fingerprint density at radius 3 is 2.48 bits per heavy atom. The highest BCUT2D eigenvalue weighted by molar-refractivity contribution is 6.39. The number of halogens is 1. The Balaban J connectivity index is 1.71.